The van der Waals surface area contributed by atoms with Crippen LogP contribution in [-0.4, -0.2) is 15.8 Å². The van der Waals surface area contributed by atoms with E-state index in [1.807, 2.05) is 18.2 Å². The Balaban J connectivity index is 2.09. The number of thioether (sulfide) groups is 1. The van der Waals surface area contributed by atoms with Crippen LogP contribution in [0, 0.1) is 0 Å². The van der Waals surface area contributed by atoms with E-state index < -0.39 is 5.51 Å². The quantitative estimate of drug-likeness (QED) is 0.856. The highest BCUT2D eigenvalue weighted by atomic mass is 32.2. The standard InChI is InChI=1S/C11H11F3N2S/c12-11(13,14)17-6-5-16-4-3-8-7-9(15)1-2-10(8)16/h1-4,7H,5-6,15H2. The number of anilines is 1. The zero-order chi connectivity index (χ0) is 12.5. The summed E-state index contributed by atoms with van der Waals surface area (Å²) in [5.41, 5.74) is 3.03. The van der Waals surface area contributed by atoms with Gasteiger partial charge in [0.15, 0.2) is 0 Å². The number of aromatic nitrogens is 1. The summed E-state index contributed by atoms with van der Waals surface area (Å²) < 4.78 is 37.8. The van der Waals surface area contributed by atoms with E-state index in [1.165, 1.54) is 0 Å². The SMILES string of the molecule is Nc1ccc2c(ccn2CCSC(F)(F)F)c1. The van der Waals surface area contributed by atoms with Crippen molar-refractivity contribution >= 4 is 28.4 Å². The van der Waals surface area contributed by atoms with Gasteiger partial charge in [-0.2, -0.15) is 13.2 Å². The first-order chi connectivity index (χ1) is 7.96. The Morgan fingerprint density at radius 3 is 2.71 bits per heavy atom. The third kappa shape index (κ3) is 3.09. The van der Waals surface area contributed by atoms with Crippen LogP contribution in [0.25, 0.3) is 10.9 Å². The highest BCUT2D eigenvalue weighted by molar-refractivity contribution is 8.00. The van der Waals surface area contributed by atoms with Gasteiger partial charge in [0.2, 0.25) is 0 Å². The molecule has 0 aliphatic rings. The maximum Gasteiger partial charge on any atom is 0.441 e. The van der Waals surface area contributed by atoms with Crippen molar-refractivity contribution < 1.29 is 13.2 Å². The van der Waals surface area contributed by atoms with Crippen molar-refractivity contribution in [3.8, 4) is 0 Å². The van der Waals surface area contributed by atoms with Crippen LogP contribution in [0.1, 0.15) is 0 Å². The Morgan fingerprint density at radius 1 is 1.24 bits per heavy atom. The first kappa shape index (κ1) is 12.2. The van der Waals surface area contributed by atoms with E-state index in [0.717, 1.165) is 10.9 Å². The van der Waals surface area contributed by atoms with Crippen LogP contribution in [0.4, 0.5) is 18.9 Å². The molecule has 1 heterocycles. The maximum atomic E-state index is 12.0. The average Bonchev–Trinajstić information content (AvgIpc) is 2.59. The second-order valence-electron chi connectivity index (χ2n) is 3.62. The lowest BCUT2D eigenvalue weighted by Gasteiger charge is -2.07. The molecule has 0 amide bonds. The van der Waals surface area contributed by atoms with E-state index in [4.69, 9.17) is 5.73 Å². The summed E-state index contributed by atoms with van der Waals surface area (Å²) in [6.45, 7) is 0.331. The van der Waals surface area contributed by atoms with Gasteiger partial charge in [0.05, 0.1) is 0 Å². The molecule has 0 saturated carbocycles. The van der Waals surface area contributed by atoms with Gasteiger partial charge in [-0.15, -0.1) is 0 Å². The van der Waals surface area contributed by atoms with E-state index in [0.29, 0.717) is 12.2 Å². The van der Waals surface area contributed by atoms with Crippen LogP contribution >= 0.6 is 11.8 Å². The molecule has 0 bridgehead atoms. The maximum absolute atomic E-state index is 12.0. The molecule has 0 spiro atoms. The predicted molar refractivity (Wildman–Crippen MR) is 64.9 cm³/mol. The van der Waals surface area contributed by atoms with Gasteiger partial charge in [0.1, 0.15) is 0 Å². The van der Waals surface area contributed by atoms with Crippen LogP contribution in [0.3, 0.4) is 0 Å². The molecule has 92 valence electrons. The van der Waals surface area contributed by atoms with Gasteiger partial charge in [0.25, 0.3) is 0 Å². The molecule has 1 aromatic heterocycles. The van der Waals surface area contributed by atoms with E-state index in [9.17, 15) is 13.2 Å². The molecule has 2 N–H and O–H groups in total. The smallest absolute Gasteiger partial charge is 0.399 e. The Labute approximate surface area is 101 Å². The van der Waals surface area contributed by atoms with Crippen LogP contribution < -0.4 is 5.73 Å². The van der Waals surface area contributed by atoms with Crippen molar-refractivity contribution in [3.63, 3.8) is 0 Å². The van der Waals surface area contributed by atoms with Crippen LogP contribution in [-0.2, 0) is 6.54 Å². The van der Waals surface area contributed by atoms with Gasteiger partial charge in [-0.3, -0.25) is 0 Å². The minimum absolute atomic E-state index is 0.00201. The van der Waals surface area contributed by atoms with Crippen molar-refractivity contribution in [2.75, 3.05) is 11.5 Å². The van der Waals surface area contributed by atoms with Crippen molar-refractivity contribution in [1.29, 1.82) is 0 Å². The lowest BCUT2D eigenvalue weighted by molar-refractivity contribution is -0.0328. The molecule has 0 saturated heterocycles. The highest BCUT2D eigenvalue weighted by Gasteiger charge is 2.27. The largest absolute Gasteiger partial charge is 0.441 e. The minimum Gasteiger partial charge on any atom is -0.399 e. The van der Waals surface area contributed by atoms with Gasteiger partial charge < -0.3 is 10.3 Å². The fourth-order valence-electron chi connectivity index (χ4n) is 1.67. The Bertz CT molecular complexity index is 519. The number of hydrogen-bond donors (Lipinski definition) is 1. The summed E-state index contributed by atoms with van der Waals surface area (Å²) in [7, 11) is 0. The second kappa shape index (κ2) is 4.52. The van der Waals surface area contributed by atoms with Gasteiger partial charge in [-0.1, -0.05) is 0 Å². The fraction of sp³-hybridized carbons (Fsp3) is 0.273. The number of nitrogens with two attached hydrogens (primary N) is 1. The summed E-state index contributed by atoms with van der Waals surface area (Å²) in [6.07, 6.45) is 1.78. The number of fused-ring (bicyclic) bond motifs is 1. The molecule has 2 nitrogen and oxygen atoms in total. The summed E-state index contributed by atoms with van der Waals surface area (Å²) in [4.78, 5) is 0. The van der Waals surface area contributed by atoms with Crippen molar-refractivity contribution in [2.24, 2.45) is 0 Å². The molecule has 1 aromatic carbocycles. The molecule has 0 unspecified atom stereocenters. The lowest BCUT2D eigenvalue weighted by atomic mass is 10.2. The third-order valence-electron chi connectivity index (χ3n) is 2.39. The minimum atomic E-state index is -4.16. The second-order valence-corrected chi connectivity index (χ2v) is 4.78. The van der Waals surface area contributed by atoms with Crippen LogP contribution in [0.15, 0.2) is 30.5 Å². The number of nitrogens with zero attached hydrogens (tertiary/aromatic N) is 1. The number of alkyl halides is 3. The Morgan fingerprint density at radius 2 is 2.00 bits per heavy atom. The monoisotopic (exact) mass is 260 g/mol. The summed E-state index contributed by atoms with van der Waals surface area (Å²) in [5.74, 6) is 0.0116. The highest BCUT2D eigenvalue weighted by Crippen LogP contribution is 2.30. The topological polar surface area (TPSA) is 30.9 Å². The summed E-state index contributed by atoms with van der Waals surface area (Å²) in [6, 6.07) is 7.23. The zero-order valence-corrected chi connectivity index (χ0v) is 9.68. The molecule has 0 aliphatic heterocycles. The normalized spacial score (nSPS) is 12.2. The van der Waals surface area contributed by atoms with Gasteiger partial charge in [0, 0.05) is 35.1 Å². The van der Waals surface area contributed by atoms with E-state index in [2.05, 4.69) is 0 Å². The zero-order valence-electron chi connectivity index (χ0n) is 8.87. The van der Waals surface area contributed by atoms with Gasteiger partial charge >= 0.3 is 5.51 Å². The van der Waals surface area contributed by atoms with E-state index in [1.54, 1.807) is 16.8 Å². The van der Waals surface area contributed by atoms with E-state index >= 15 is 0 Å². The fourth-order valence-corrected chi connectivity index (χ4v) is 2.19. The number of hydrogen-bond acceptors (Lipinski definition) is 2. The van der Waals surface area contributed by atoms with Crippen molar-refractivity contribution in [1.82, 2.24) is 4.57 Å². The Hall–Kier alpha value is -1.30. The number of aryl methyl sites for hydroxylation is 1. The molecule has 17 heavy (non-hydrogen) atoms. The van der Waals surface area contributed by atoms with Gasteiger partial charge in [-0.05, 0) is 36.0 Å². The molecular weight excluding hydrogens is 249 g/mol. The molecule has 2 rings (SSSR count). The molecular formula is C11H11F3N2S. The summed E-state index contributed by atoms with van der Waals surface area (Å²) in [5, 5.41) is 0.946. The number of halogens is 3. The number of nitrogen functional groups attached to an aromatic ring is 1. The van der Waals surface area contributed by atoms with Crippen LogP contribution in [0.2, 0.25) is 0 Å². The van der Waals surface area contributed by atoms with Crippen LogP contribution in [0.5, 0.6) is 0 Å². The number of rotatable bonds is 3. The summed E-state index contributed by atoms with van der Waals surface area (Å²) >= 11 is -0.00201. The first-order valence-corrected chi connectivity index (χ1v) is 5.99. The van der Waals surface area contributed by atoms with Gasteiger partial charge in [-0.25, -0.2) is 0 Å². The molecule has 0 fully saturated rings. The molecule has 2 aromatic rings. The molecule has 0 atom stereocenters. The average molecular weight is 260 g/mol. The van der Waals surface area contributed by atoms with Crippen molar-refractivity contribution in [3.05, 3.63) is 30.5 Å². The van der Waals surface area contributed by atoms with E-state index in [-0.39, 0.29) is 17.5 Å². The van der Waals surface area contributed by atoms with Crippen molar-refractivity contribution in [2.45, 2.75) is 12.1 Å². The molecule has 6 heteroatoms. The molecule has 0 aliphatic carbocycles. The Kier molecular flexibility index (Phi) is 3.24. The molecule has 0 radical (unpaired) electrons. The predicted octanol–water partition coefficient (Wildman–Crippen LogP) is 3.48. The number of benzene rings is 1. The first-order valence-electron chi connectivity index (χ1n) is 5.01. The third-order valence-corrected chi connectivity index (χ3v) is 3.11. The lowest BCUT2D eigenvalue weighted by Crippen LogP contribution is -2.06.